The van der Waals surface area contributed by atoms with Gasteiger partial charge in [-0.3, -0.25) is 0 Å². The molecule has 8 nitrogen and oxygen atoms in total. The average Bonchev–Trinajstić information content (AvgIpc) is 2.90. The monoisotopic (exact) mass is 566 g/mol. The van der Waals surface area contributed by atoms with E-state index < -0.39 is 52.8 Å². The summed E-state index contributed by atoms with van der Waals surface area (Å²) in [7, 11) is -3.67. The standard InChI is InChI=1S/C28H36ClN5O3S/c1-17(2)37-25-15-21(20-10-12-30-13-11-20)19(5)14-24(25)33-28-31-16-22(29)27(34-28)32-23-8-6-7-9-26(23)38(35,36)18(3)4/h6-9,14-18,20,30H,10-13H2,1-5H3,(H2,31,32,33,34)/i10D2,11D2,12D2,13D2,17D. The Kier molecular flexibility index (Phi) is 5.76. The predicted molar refractivity (Wildman–Crippen MR) is 154 cm³/mol. The zero-order valence-corrected chi connectivity index (χ0v) is 23.2. The zero-order chi connectivity index (χ0) is 35.5. The van der Waals surface area contributed by atoms with Crippen molar-refractivity contribution in [1.82, 2.24) is 15.3 Å². The van der Waals surface area contributed by atoms with E-state index >= 15 is 0 Å². The first kappa shape index (κ1) is 18.4. The van der Waals surface area contributed by atoms with Gasteiger partial charge < -0.3 is 20.7 Å². The molecule has 0 bridgehead atoms. The van der Waals surface area contributed by atoms with Crippen molar-refractivity contribution < 1.29 is 25.5 Å². The Hall–Kier alpha value is -2.88. The van der Waals surface area contributed by atoms with Crippen LogP contribution in [0.5, 0.6) is 5.75 Å². The van der Waals surface area contributed by atoms with Crippen molar-refractivity contribution in [3.63, 3.8) is 0 Å². The lowest BCUT2D eigenvalue weighted by Gasteiger charge is -2.26. The van der Waals surface area contributed by atoms with Gasteiger partial charge >= 0.3 is 0 Å². The highest BCUT2D eigenvalue weighted by Crippen LogP contribution is 2.37. The first-order valence-corrected chi connectivity index (χ1v) is 13.8. The molecule has 0 radical (unpaired) electrons. The number of ether oxygens (including phenoxy) is 1. The molecular weight excluding hydrogens is 522 g/mol. The van der Waals surface area contributed by atoms with Crippen LogP contribution in [-0.2, 0) is 9.84 Å². The Labute approximate surface area is 243 Å². The Bertz CT molecular complexity index is 1760. The molecule has 0 unspecified atom stereocenters. The molecule has 1 aliphatic heterocycles. The molecule has 204 valence electrons. The molecule has 1 saturated heterocycles. The molecule has 4 rings (SSSR count). The predicted octanol–water partition coefficient (Wildman–Crippen LogP) is 6.36. The highest BCUT2D eigenvalue weighted by molar-refractivity contribution is 7.92. The van der Waals surface area contributed by atoms with Gasteiger partial charge in [0.05, 0.1) is 35.2 Å². The topological polar surface area (TPSA) is 105 Å². The largest absolute Gasteiger partial charge is 0.489 e. The van der Waals surface area contributed by atoms with Gasteiger partial charge in [0.15, 0.2) is 15.7 Å². The number of rotatable bonds is 9. The van der Waals surface area contributed by atoms with Crippen molar-refractivity contribution in [2.75, 3.05) is 23.6 Å². The van der Waals surface area contributed by atoms with Crippen LogP contribution >= 0.6 is 11.6 Å². The summed E-state index contributed by atoms with van der Waals surface area (Å²) in [5.74, 6) is -2.00. The van der Waals surface area contributed by atoms with E-state index in [1.54, 1.807) is 32.0 Å². The van der Waals surface area contributed by atoms with Crippen molar-refractivity contribution in [2.24, 2.45) is 0 Å². The van der Waals surface area contributed by atoms with Crippen LogP contribution in [0.25, 0.3) is 0 Å². The van der Waals surface area contributed by atoms with Crippen LogP contribution in [0.2, 0.25) is 5.02 Å². The van der Waals surface area contributed by atoms with E-state index in [0.717, 1.165) is 0 Å². The lowest BCUT2D eigenvalue weighted by Crippen LogP contribution is -2.27. The second-order valence-electron chi connectivity index (χ2n) is 9.04. The molecule has 2 heterocycles. The number of sulfone groups is 1. The van der Waals surface area contributed by atoms with Gasteiger partial charge in [0.1, 0.15) is 10.8 Å². The third-order valence-corrected chi connectivity index (χ3v) is 8.10. The maximum absolute atomic E-state index is 13.0. The van der Waals surface area contributed by atoms with E-state index in [9.17, 15) is 8.42 Å². The fourth-order valence-electron chi connectivity index (χ4n) is 3.69. The number of aromatic nitrogens is 2. The maximum atomic E-state index is 13.0. The van der Waals surface area contributed by atoms with E-state index in [1.807, 2.05) is 5.32 Å². The number of halogens is 1. The molecule has 3 aromatic rings. The van der Waals surface area contributed by atoms with E-state index in [0.29, 0.717) is 0 Å². The molecule has 0 aliphatic carbocycles. The third-order valence-electron chi connectivity index (χ3n) is 5.61. The first-order valence-electron chi connectivity index (χ1n) is 16.3. The number of anilines is 4. The highest BCUT2D eigenvalue weighted by atomic mass is 35.5. The van der Waals surface area contributed by atoms with Crippen LogP contribution in [0.3, 0.4) is 0 Å². The number of aryl methyl sites for hydroxylation is 1. The molecule has 2 aromatic carbocycles. The molecule has 10 heteroatoms. The Morgan fingerprint density at radius 1 is 1.13 bits per heavy atom. The molecule has 0 atom stereocenters. The summed E-state index contributed by atoms with van der Waals surface area (Å²) in [5.41, 5.74) is 0.595. The van der Waals surface area contributed by atoms with E-state index in [4.69, 9.17) is 28.7 Å². The normalized spacial score (nSPS) is 23.7. The number of hydrogen-bond acceptors (Lipinski definition) is 8. The Balaban J connectivity index is 1.81. The van der Waals surface area contributed by atoms with Gasteiger partial charge in [-0.15, -0.1) is 0 Å². The summed E-state index contributed by atoms with van der Waals surface area (Å²) in [6.45, 7) is 1.60. The van der Waals surface area contributed by atoms with E-state index in [1.165, 1.54) is 45.2 Å². The average molecular weight is 567 g/mol. The van der Waals surface area contributed by atoms with Gasteiger partial charge in [-0.05, 0) is 102 Å². The summed E-state index contributed by atoms with van der Waals surface area (Å²) in [6.07, 6.45) is -6.15. The van der Waals surface area contributed by atoms with Gasteiger partial charge in [-0.25, -0.2) is 13.4 Å². The number of piperidine rings is 1. The van der Waals surface area contributed by atoms with Gasteiger partial charge in [0.2, 0.25) is 5.95 Å². The Morgan fingerprint density at radius 3 is 2.53 bits per heavy atom. The lowest BCUT2D eigenvalue weighted by molar-refractivity contribution is 0.243. The molecule has 3 N–H and O–H groups in total. The van der Waals surface area contributed by atoms with Gasteiger partial charge in [0, 0.05) is 11.0 Å². The first-order chi connectivity index (χ1) is 21.3. The van der Waals surface area contributed by atoms with Crippen molar-refractivity contribution in [1.29, 1.82) is 0 Å². The Morgan fingerprint density at radius 2 is 1.84 bits per heavy atom. The molecular formula is C28H36ClN5O3S. The number of benzene rings is 2. The summed E-state index contributed by atoms with van der Waals surface area (Å²) in [4.78, 5) is 8.65. The summed E-state index contributed by atoms with van der Waals surface area (Å²) in [6, 6.07) is 8.98. The van der Waals surface area contributed by atoms with E-state index in [-0.39, 0.29) is 49.9 Å². The van der Waals surface area contributed by atoms with Crippen LogP contribution in [-0.4, -0.2) is 42.7 Å². The number of para-hydroxylation sites is 1. The summed E-state index contributed by atoms with van der Waals surface area (Å²) < 4.78 is 107. The summed E-state index contributed by atoms with van der Waals surface area (Å²) >= 11 is 6.38. The molecule has 0 saturated carbocycles. The van der Waals surface area contributed by atoms with Crippen LogP contribution in [0.4, 0.5) is 23.1 Å². The third kappa shape index (κ3) is 6.39. The minimum absolute atomic E-state index is 0.0407. The second kappa shape index (κ2) is 11.9. The summed E-state index contributed by atoms with van der Waals surface area (Å²) in [5, 5.41) is 7.14. The lowest BCUT2D eigenvalue weighted by atomic mass is 9.87. The van der Waals surface area contributed by atoms with Crippen molar-refractivity contribution in [2.45, 2.75) is 69.5 Å². The van der Waals surface area contributed by atoms with Crippen molar-refractivity contribution in [3.8, 4) is 5.75 Å². The SMILES string of the molecule is [2H]C(C)(C)Oc1cc(C2C([2H])([2H])C([2H])([2H])NC([2H])([2H])C2([2H])[2H])c(C)cc1Nc1ncc(Cl)c(Nc2ccccc2S(=O)(=O)C(C)C)n1. The molecule has 1 fully saturated rings. The quantitative estimate of drug-likeness (QED) is 0.275. The van der Waals surface area contributed by atoms with Crippen LogP contribution in [0.15, 0.2) is 47.5 Å². The van der Waals surface area contributed by atoms with Crippen LogP contribution in [0.1, 0.15) is 69.8 Å². The smallest absolute Gasteiger partial charge is 0.229 e. The molecule has 0 spiro atoms. The fourth-order valence-corrected chi connectivity index (χ4v) is 5.03. The molecule has 38 heavy (non-hydrogen) atoms. The van der Waals surface area contributed by atoms with Crippen LogP contribution in [0, 0.1) is 6.92 Å². The number of nitrogens with one attached hydrogen (secondary N) is 3. The minimum Gasteiger partial charge on any atom is -0.489 e. The van der Waals surface area contributed by atoms with Crippen molar-refractivity contribution in [3.05, 3.63) is 58.7 Å². The van der Waals surface area contributed by atoms with E-state index in [2.05, 4.69) is 20.6 Å². The molecule has 1 aromatic heterocycles. The maximum Gasteiger partial charge on any atom is 0.229 e. The minimum atomic E-state index is -3.67. The number of nitrogens with zero attached hydrogens (tertiary/aromatic N) is 2. The fraction of sp³-hybridized carbons (Fsp3) is 0.429. The molecule has 1 aliphatic rings. The van der Waals surface area contributed by atoms with Crippen molar-refractivity contribution >= 4 is 44.6 Å². The number of hydrogen-bond donors (Lipinski definition) is 3. The molecule has 0 amide bonds. The van der Waals surface area contributed by atoms with Crippen LogP contribution < -0.4 is 20.7 Å². The zero-order valence-electron chi connectivity index (χ0n) is 30.6. The van der Waals surface area contributed by atoms with Gasteiger partial charge in [0.25, 0.3) is 0 Å². The second-order valence-corrected chi connectivity index (χ2v) is 11.9. The van der Waals surface area contributed by atoms with Gasteiger partial charge in [-0.2, -0.15) is 4.98 Å². The van der Waals surface area contributed by atoms with Gasteiger partial charge in [-0.1, -0.05) is 23.7 Å². The highest BCUT2D eigenvalue weighted by Gasteiger charge is 2.24.